The Morgan fingerprint density at radius 1 is 1.29 bits per heavy atom. The Hall–Kier alpha value is 0.690. The smallest absolute Gasteiger partial charge is 0.0980 e. The lowest BCUT2D eigenvalue weighted by atomic mass is 9.83. The van der Waals surface area contributed by atoms with Crippen molar-refractivity contribution in [1.82, 2.24) is 0 Å². The van der Waals surface area contributed by atoms with E-state index in [1.165, 1.54) is 23.9 Å². The van der Waals surface area contributed by atoms with Crippen LogP contribution in [0, 0.1) is 11.8 Å². The van der Waals surface area contributed by atoms with Crippen molar-refractivity contribution in [2.24, 2.45) is 11.8 Å². The second kappa shape index (κ2) is 3.62. The summed E-state index contributed by atoms with van der Waals surface area (Å²) in [5.74, 6) is 1.86. The highest BCUT2D eigenvalue weighted by Gasteiger charge is 2.62. The Bertz CT molecular complexity index is 224. The molecule has 0 spiro atoms. The van der Waals surface area contributed by atoms with Crippen molar-refractivity contribution in [1.29, 1.82) is 0 Å². The summed E-state index contributed by atoms with van der Waals surface area (Å²) in [6.07, 6.45) is 2.91. The molecule has 2 aliphatic heterocycles. The molecule has 14 heavy (non-hydrogen) atoms. The topological polar surface area (TPSA) is 0 Å². The Morgan fingerprint density at radius 2 is 1.86 bits per heavy atom. The van der Waals surface area contributed by atoms with E-state index in [1.54, 1.807) is 0 Å². The fourth-order valence-corrected chi connectivity index (χ4v) is 3.66. The molecule has 2 heteroatoms. The van der Waals surface area contributed by atoms with Gasteiger partial charge in [0.25, 0.3) is 0 Å². The van der Waals surface area contributed by atoms with Crippen LogP contribution in [0.4, 0.5) is 0 Å². The highest BCUT2D eigenvalue weighted by Crippen LogP contribution is 2.52. The van der Waals surface area contributed by atoms with Crippen molar-refractivity contribution in [3.63, 3.8) is 0 Å². The first kappa shape index (κ1) is 12.8. The molecule has 0 radical (unpaired) electrons. The lowest BCUT2D eigenvalue weighted by Crippen LogP contribution is -3.00. The maximum atomic E-state index is 2.47. The number of quaternary nitrogens is 1. The van der Waals surface area contributed by atoms with Crippen molar-refractivity contribution in [2.75, 3.05) is 13.6 Å². The molecular weight excluding hydrogens is 285 g/mol. The number of hydrogen-bond donors (Lipinski definition) is 0. The van der Waals surface area contributed by atoms with Gasteiger partial charge in [-0.1, -0.05) is 13.8 Å². The Morgan fingerprint density at radius 3 is 2.07 bits per heavy atom. The predicted octanol–water partition coefficient (Wildman–Crippen LogP) is -0.336. The molecule has 2 rings (SSSR count). The molecule has 0 N–H and O–H groups in total. The summed E-state index contributed by atoms with van der Waals surface area (Å²) in [6.45, 7) is 11.1. The third-order valence-corrected chi connectivity index (χ3v) is 5.09. The molecule has 0 bridgehead atoms. The fraction of sp³-hybridized carbons (Fsp3) is 1.00. The van der Waals surface area contributed by atoms with Gasteiger partial charge in [0.05, 0.1) is 25.2 Å². The van der Waals surface area contributed by atoms with Crippen molar-refractivity contribution in [3.05, 3.63) is 0 Å². The normalized spacial score (nSPS) is 44.1. The van der Waals surface area contributed by atoms with Gasteiger partial charge >= 0.3 is 0 Å². The van der Waals surface area contributed by atoms with Crippen LogP contribution in [0.5, 0.6) is 0 Å². The average Bonchev–Trinajstić information content (AvgIpc) is 2.09. The highest BCUT2D eigenvalue weighted by atomic mass is 127. The van der Waals surface area contributed by atoms with Gasteiger partial charge in [-0.2, -0.15) is 0 Å². The van der Waals surface area contributed by atoms with Crippen molar-refractivity contribution in [2.45, 2.75) is 52.1 Å². The first-order chi connectivity index (χ1) is 5.88. The largest absolute Gasteiger partial charge is 1.00 e. The minimum absolute atomic E-state index is 0. The lowest BCUT2D eigenvalue weighted by Gasteiger charge is -2.54. The molecule has 2 aliphatic rings. The Balaban J connectivity index is 0.000000980. The summed E-state index contributed by atoms with van der Waals surface area (Å²) >= 11 is 0. The summed E-state index contributed by atoms with van der Waals surface area (Å²) in [5.41, 5.74) is 0.540. The van der Waals surface area contributed by atoms with Crippen molar-refractivity contribution >= 4 is 0 Å². The van der Waals surface area contributed by atoms with Crippen LogP contribution in [0.1, 0.15) is 40.5 Å². The Kier molecular flexibility index (Phi) is 3.30. The molecule has 0 aromatic heterocycles. The average molecular weight is 309 g/mol. The molecule has 2 heterocycles. The van der Waals surface area contributed by atoms with Crippen LogP contribution in [-0.4, -0.2) is 29.7 Å². The van der Waals surface area contributed by atoms with Crippen LogP contribution in [0.25, 0.3) is 0 Å². The van der Waals surface area contributed by atoms with Crippen LogP contribution in [0.15, 0.2) is 0 Å². The zero-order valence-electron chi connectivity index (χ0n) is 10.2. The maximum Gasteiger partial charge on any atom is 0.0980 e. The predicted molar refractivity (Wildman–Crippen MR) is 56.5 cm³/mol. The minimum atomic E-state index is 0. The first-order valence-electron chi connectivity index (χ1n) is 5.74. The van der Waals surface area contributed by atoms with E-state index in [9.17, 15) is 0 Å². The molecule has 3 atom stereocenters. The summed E-state index contributed by atoms with van der Waals surface area (Å²) in [7, 11) is 2.47. The lowest BCUT2D eigenvalue weighted by molar-refractivity contribution is -1.00. The molecule has 84 valence electrons. The van der Waals surface area contributed by atoms with Crippen LogP contribution < -0.4 is 24.0 Å². The number of fused-ring (bicyclic) bond motifs is 1. The van der Waals surface area contributed by atoms with E-state index >= 15 is 0 Å². The van der Waals surface area contributed by atoms with Gasteiger partial charge in [-0.25, -0.2) is 0 Å². The summed E-state index contributed by atoms with van der Waals surface area (Å²) in [4.78, 5) is 0. The van der Waals surface area contributed by atoms with Crippen LogP contribution in [0.3, 0.4) is 0 Å². The second-order valence-electron chi connectivity index (χ2n) is 6.27. The fourth-order valence-electron chi connectivity index (χ4n) is 3.66. The van der Waals surface area contributed by atoms with Crippen molar-refractivity contribution < 1.29 is 28.5 Å². The van der Waals surface area contributed by atoms with E-state index in [2.05, 4.69) is 34.7 Å². The third kappa shape index (κ3) is 1.44. The van der Waals surface area contributed by atoms with Gasteiger partial charge in [-0.05, 0) is 19.8 Å². The van der Waals surface area contributed by atoms with Gasteiger partial charge in [0, 0.05) is 18.8 Å². The van der Waals surface area contributed by atoms with Crippen LogP contribution in [-0.2, 0) is 0 Å². The maximum absolute atomic E-state index is 2.47. The minimum Gasteiger partial charge on any atom is -1.00 e. The molecule has 0 aromatic carbocycles. The van der Waals surface area contributed by atoms with Crippen molar-refractivity contribution in [3.8, 4) is 0 Å². The quantitative estimate of drug-likeness (QED) is 0.459. The van der Waals surface area contributed by atoms with E-state index in [-0.39, 0.29) is 24.0 Å². The number of hydrogen-bond acceptors (Lipinski definition) is 0. The van der Waals surface area contributed by atoms with Gasteiger partial charge < -0.3 is 28.5 Å². The van der Waals surface area contributed by atoms with E-state index < -0.39 is 0 Å². The van der Waals surface area contributed by atoms with E-state index in [0.717, 1.165) is 17.9 Å². The second-order valence-corrected chi connectivity index (χ2v) is 6.27. The molecule has 0 aromatic rings. The SMILES string of the molecule is CC(C)C1CC(C)(C)[N+]2(C)CCC12.[I-]. The van der Waals surface area contributed by atoms with E-state index in [0.29, 0.717) is 5.54 Å². The molecule has 3 unspecified atom stereocenters. The number of halogens is 1. The number of rotatable bonds is 1. The summed E-state index contributed by atoms with van der Waals surface area (Å²) < 4.78 is 1.36. The monoisotopic (exact) mass is 309 g/mol. The molecule has 2 fully saturated rings. The molecule has 0 saturated carbocycles. The van der Waals surface area contributed by atoms with Gasteiger partial charge in [-0.3, -0.25) is 0 Å². The molecule has 0 aliphatic carbocycles. The molecule has 1 nitrogen and oxygen atoms in total. The van der Waals surface area contributed by atoms with E-state index in [1.807, 2.05) is 0 Å². The van der Waals surface area contributed by atoms with Gasteiger partial charge in [0.2, 0.25) is 0 Å². The van der Waals surface area contributed by atoms with Gasteiger partial charge in [0.1, 0.15) is 0 Å². The first-order valence-corrected chi connectivity index (χ1v) is 5.74. The van der Waals surface area contributed by atoms with Crippen LogP contribution >= 0.6 is 0 Å². The standard InChI is InChI=1S/C12H24N.HI/c1-9(2)10-8-12(3,4)13(5)7-6-11(10)13;/h9-11H,6-8H2,1-5H3;1H/q+1;/p-1. The van der Waals surface area contributed by atoms with Crippen LogP contribution in [0.2, 0.25) is 0 Å². The van der Waals surface area contributed by atoms with E-state index in [4.69, 9.17) is 0 Å². The zero-order chi connectivity index (χ0) is 9.85. The summed E-state index contributed by atoms with van der Waals surface area (Å²) in [5, 5.41) is 0. The highest BCUT2D eigenvalue weighted by molar-refractivity contribution is 4.95. The number of nitrogens with zero attached hydrogens (tertiary/aromatic N) is 1. The third-order valence-electron chi connectivity index (χ3n) is 5.09. The van der Waals surface area contributed by atoms with Gasteiger partial charge in [0.15, 0.2) is 0 Å². The summed E-state index contributed by atoms with van der Waals surface area (Å²) in [6, 6.07) is 0.981. The zero-order valence-corrected chi connectivity index (χ0v) is 12.3. The van der Waals surface area contributed by atoms with Gasteiger partial charge in [-0.15, -0.1) is 0 Å². The molecule has 2 saturated heterocycles. The molecule has 0 amide bonds. The molecular formula is C12H24IN. The Labute approximate surface area is 106 Å².